The second kappa shape index (κ2) is 5.47. The van der Waals surface area contributed by atoms with Gasteiger partial charge in [0.05, 0.1) is 21.4 Å². The van der Waals surface area contributed by atoms with Crippen LogP contribution in [-0.2, 0) is 10.0 Å². The second-order valence-corrected chi connectivity index (χ2v) is 6.32. The average Bonchev–Trinajstić information content (AvgIpc) is 2.33. The molecule has 0 radical (unpaired) electrons. The monoisotopic (exact) mass is 334 g/mol. The molecular weight excluding hydrogens is 326 g/mol. The van der Waals surface area contributed by atoms with Crippen molar-refractivity contribution in [3.05, 3.63) is 52.3 Å². The Morgan fingerprint density at radius 1 is 1.10 bits per heavy atom. The smallest absolute Gasteiger partial charge is 0.265 e. The quantitative estimate of drug-likeness (QED) is 0.843. The Bertz CT molecular complexity index is 746. The Kier molecular flexibility index (Phi) is 4.08. The normalized spacial score (nSPS) is 11.3. The number of benzene rings is 2. The molecule has 4 nitrogen and oxygen atoms in total. The molecule has 3 N–H and O–H groups in total. The standard InChI is InChI=1S/C12H9Cl2FN2O2S/c13-8-5-4-7(15)6-11(8)17-20(18,19)12-9(14)2-1-3-10(12)16/h1-6,17H,16H2. The van der Waals surface area contributed by atoms with Crippen molar-refractivity contribution in [2.75, 3.05) is 10.5 Å². The largest absolute Gasteiger partial charge is 0.398 e. The fourth-order valence-corrected chi connectivity index (χ4v) is 3.55. The molecule has 8 heteroatoms. The van der Waals surface area contributed by atoms with Crippen LogP contribution in [0.25, 0.3) is 0 Å². The van der Waals surface area contributed by atoms with E-state index < -0.39 is 15.8 Å². The van der Waals surface area contributed by atoms with Crippen LogP contribution in [0.4, 0.5) is 15.8 Å². The number of halogens is 3. The Morgan fingerprint density at radius 2 is 1.80 bits per heavy atom. The van der Waals surface area contributed by atoms with Gasteiger partial charge >= 0.3 is 0 Å². The van der Waals surface area contributed by atoms with Gasteiger partial charge in [-0.1, -0.05) is 29.3 Å². The molecule has 0 saturated carbocycles. The van der Waals surface area contributed by atoms with Gasteiger partial charge in [0.2, 0.25) is 0 Å². The molecule has 0 aliphatic heterocycles. The molecule has 0 amide bonds. The summed E-state index contributed by atoms with van der Waals surface area (Å²) in [5, 5.41) is 0.0191. The minimum atomic E-state index is -4.07. The molecule has 106 valence electrons. The number of nitrogen functional groups attached to an aromatic ring is 1. The van der Waals surface area contributed by atoms with Crippen LogP contribution in [0.1, 0.15) is 0 Å². The molecule has 0 spiro atoms. The van der Waals surface area contributed by atoms with Crippen LogP contribution >= 0.6 is 23.2 Å². The molecular formula is C12H9Cl2FN2O2S. The van der Waals surface area contributed by atoms with E-state index >= 15 is 0 Å². The summed E-state index contributed by atoms with van der Waals surface area (Å²) in [4.78, 5) is -0.276. The first-order valence-corrected chi connectivity index (χ1v) is 7.57. The lowest BCUT2D eigenvalue weighted by atomic mass is 10.3. The first-order chi connectivity index (χ1) is 9.31. The molecule has 0 bridgehead atoms. The third-order valence-corrected chi connectivity index (χ3v) is 4.68. The third kappa shape index (κ3) is 2.98. The fourth-order valence-electron chi connectivity index (χ4n) is 1.58. The molecule has 0 aromatic heterocycles. The van der Waals surface area contributed by atoms with Crippen molar-refractivity contribution < 1.29 is 12.8 Å². The summed E-state index contributed by atoms with van der Waals surface area (Å²) in [7, 11) is -4.07. The van der Waals surface area contributed by atoms with E-state index in [4.69, 9.17) is 28.9 Å². The van der Waals surface area contributed by atoms with Crippen molar-refractivity contribution in [1.82, 2.24) is 0 Å². The number of hydrogen-bond donors (Lipinski definition) is 2. The highest BCUT2D eigenvalue weighted by molar-refractivity contribution is 7.93. The lowest BCUT2D eigenvalue weighted by Crippen LogP contribution is -2.15. The highest BCUT2D eigenvalue weighted by atomic mass is 35.5. The van der Waals surface area contributed by atoms with Crippen LogP contribution in [0, 0.1) is 5.82 Å². The minimum absolute atomic E-state index is 0.0162. The summed E-state index contributed by atoms with van der Waals surface area (Å²) >= 11 is 11.7. The van der Waals surface area contributed by atoms with Crippen LogP contribution in [0.2, 0.25) is 10.0 Å². The van der Waals surface area contributed by atoms with E-state index in [0.29, 0.717) is 0 Å². The number of rotatable bonds is 3. The maximum Gasteiger partial charge on any atom is 0.265 e. The van der Waals surface area contributed by atoms with Crippen LogP contribution in [0.5, 0.6) is 0 Å². The first-order valence-electron chi connectivity index (χ1n) is 5.33. The SMILES string of the molecule is Nc1cccc(Cl)c1S(=O)(=O)Nc1cc(F)ccc1Cl. The van der Waals surface area contributed by atoms with Crippen molar-refractivity contribution >= 4 is 44.6 Å². The van der Waals surface area contributed by atoms with E-state index in [1.54, 1.807) is 0 Å². The zero-order valence-corrected chi connectivity index (χ0v) is 12.2. The minimum Gasteiger partial charge on any atom is -0.398 e. The molecule has 2 aromatic carbocycles. The van der Waals surface area contributed by atoms with Crippen LogP contribution < -0.4 is 10.5 Å². The Labute approximate surface area is 125 Å². The summed E-state index contributed by atoms with van der Waals surface area (Å²) in [6, 6.07) is 7.63. The molecule has 0 aliphatic carbocycles. The van der Waals surface area contributed by atoms with E-state index in [-0.39, 0.29) is 26.3 Å². The van der Waals surface area contributed by atoms with Crippen molar-refractivity contribution in [2.24, 2.45) is 0 Å². The molecule has 0 atom stereocenters. The van der Waals surface area contributed by atoms with Gasteiger partial charge in [0.25, 0.3) is 10.0 Å². The maximum atomic E-state index is 13.1. The topological polar surface area (TPSA) is 72.2 Å². The molecule has 20 heavy (non-hydrogen) atoms. The van der Waals surface area contributed by atoms with Gasteiger partial charge in [-0.15, -0.1) is 0 Å². The summed E-state index contributed by atoms with van der Waals surface area (Å²) in [5.74, 6) is -0.626. The van der Waals surface area contributed by atoms with Crippen molar-refractivity contribution in [1.29, 1.82) is 0 Å². The van der Waals surface area contributed by atoms with Gasteiger partial charge in [-0.2, -0.15) is 0 Å². The maximum absolute atomic E-state index is 13.1. The van der Waals surface area contributed by atoms with Crippen molar-refractivity contribution in [3.8, 4) is 0 Å². The number of hydrogen-bond acceptors (Lipinski definition) is 3. The molecule has 0 unspecified atom stereocenters. The van der Waals surface area contributed by atoms with Crippen molar-refractivity contribution in [3.63, 3.8) is 0 Å². The van der Waals surface area contributed by atoms with Crippen LogP contribution in [0.15, 0.2) is 41.3 Å². The highest BCUT2D eigenvalue weighted by Crippen LogP contribution is 2.31. The summed E-state index contributed by atoms with van der Waals surface area (Å²) in [6.07, 6.45) is 0. The van der Waals surface area contributed by atoms with Crippen LogP contribution in [-0.4, -0.2) is 8.42 Å². The van der Waals surface area contributed by atoms with Gasteiger partial charge in [0.1, 0.15) is 10.7 Å². The molecule has 2 rings (SSSR count). The lowest BCUT2D eigenvalue weighted by molar-refractivity contribution is 0.601. The zero-order valence-electron chi connectivity index (χ0n) is 9.90. The summed E-state index contributed by atoms with van der Waals surface area (Å²) < 4.78 is 39.8. The molecule has 0 fully saturated rings. The number of nitrogens with two attached hydrogens (primary N) is 1. The molecule has 0 saturated heterocycles. The van der Waals surface area contributed by atoms with Crippen LogP contribution in [0.3, 0.4) is 0 Å². The molecule has 0 aliphatic rings. The van der Waals surface area contributed by atoms with E-state index in [1.807, 2.05) is 0 Å². The van der Waals surface area contributed by atoms with E-state index in [0.717, 1.165) is 12.1 Å². The predicted octanol–water partition coefficient (Wildman–Crippen LogP) is 3.52. The van der Waals surface area contributed by atoms with E-state index in [2.05, 4.69) is 4.72 Å². The third-order valence-electron chi connectivity index (χ3n) is 2.44. The van der Waals surface area contributed by atoms with E-state index in [1.165, 1.54) is 24.3 Å². The van der Waals surface area contributed by atoms with Gasteiger partial charge in [0.15, 0.2) is 0 Å². The van der Waals surface area contributed by atoms with Crippen molar-refractivity contribution in [2.45, 2.75) is 4.90 Å². The van der Waals surface area contributed by atoms with Gasteiger partial charge in [-0.3, -0.25) is 4.72 Å². The highest BCUT2D eigenvalue weighted by Gasteiger charge is 2.22. The predicted molar refractivity (Wildman–Crippen MR) is 78.1 cm³/mol. The zero-order chi connectivity index (χ0) is 14.9. The number of anilines is 2. The lowest BCUT2D eigenvalue weighted by Gasteiger charge is -2.12. The Morgan fingerprint density at radius 3 is 2.45 bits per heavy atom. The van der Waals surface area contributed by atoms with Gasteiger partial charge < -0.3 is 5.73 Å². The summed E-state index contributed by atoms with van der Waals surface area (Å²) in [5.41, 5.74) is 5.51. The van der Waals surface area contributed by atoms with E-state index in [9.17, 15) is 12.8 Å². The van der Waals surface area contributed by atoms with Gasteiger partial charge in [-0.25, -0.2) is 12.8 Å². The summed E-state index contributed by atoms with van der Waals surface area (Å²) in [6.45, 7) is 0. The number of nitrogens with one attached hydrogen (secondary N) is 1. The number of sulfonamides is 1. The molecule has 2 aromatic rings. The average molecular weight is 335 g/mol. The van der Waals surface area contributed by atoms with Gasteiger partial charge in [0, 0.05) is 0 Å². The Balaban J connectivity index is 2.49. The fraction of sp³-hybridized carbons (Fsp3) is 0. The Hall–Kier alpha value is -1.50. The first kappa shape index (κ1) is 14.9. The second-order valence-electron chi connectivity index (χ2n) is 3.89. The van der Waals surface area contributed by atoms with Gasteiger partial charge in [-0.05, 0) is 30.3 Å². The molecule has 0 heterocycles.